The summed E-state index contributed by atoms with van der Waals surface area (Å²) in [4.78, 5) is 10.5. The summed E-state index contributed by atoms with van der Waals surface area (Å²) >= 11 is 0. The summed E-state index contributed by atoms with van der Waals surface area (Å²) in [6.45, 7) is 4.63. The fourth-order valence-electron chi connectivity index (χ4n) is 1.64. The van der Waals surface area contributed by atoms with Crippen LogP contribution in [0.15, 0.2) is 40.8 Å². The SMILES string of the molecule is CC(C)c1ccc(OCc2ccc(C=O)o2)cc1. The van der Waals surface area contributed by atoms with E-state index in [1.807, 2.05) is 12.1 Å². The number of furan rings is 1. The predicted octanol–water partition coefficient (Wildman–Crippen LogP) is 3.79. The highest BCUT2D eigenvalue weighted by molar-refractivity contribution is 5.70. The molecule has 0 aliphatic rings. The van der Waals surface area contributed by atoms with E-state index in [1.165, 1.54) is 5.56 Å². The molecule has 0 aliphatic carbocycles. The van der Waals surface area contributed by atoms with Crippen LogP contribution >= 0.6 is 0 Å². The van der Waals surface area contributed by atoms with Gasteiger partial charge in [0.25, 0.3) is 0 Å². The van der Waals surface area contributed by atoms with Crippen LogP contribution in [0, 0.1) is 0 Å². The van der Waals surface area contributed by atoms with Gasteiger partial charge in [-0.3, -0.25) is 4.79 Å². The molecule has 3 nitrogen and oxygen atoms in total. The first kappa shape index (κ1) is 12.4. The van der Waals surface area contributed by atoms with Crippen LogP contribution in [0.3, 0.4) is 0 Å². The summed E-state index contributed by atoms with van der Waals surface area (Å²) in [5.74, 6) is 2.27. The fourth-order valence-corrected chi connectivity index (χ4v) is 1.64. The zero-order valence-corrected chi connectivity index (χ0v) is 10.6. The molecule has 0 saturated heterocycles. The van der Waals surface area contributed by atoms with Crippen LogP contribution in [0.25, 0.3) is 0 Å². The van der Waals surface area contributed by atoms with E-state index >= 15 is 0 Å². The zero-order valence-electron chi connectivity index (χ0n) is 10.6. The summed E-state index contributed by atoms with van der Waals surface area (Å²) in [6, 6.07) is 11.4. The van der Waals surface area contributed by atoms with Crippen molar-refractivity contribution >= 4 is 6.29 Å². The Morgan fingerprint density at radius 2 is 1.89 bits per heavy atom. The Hall–Kier alpha value is -2.03. The number of aldehydes is 1. The van der Waals surface area contributed by atoms with Gasteiger partial charge in [-0.25, -0.2) is 0 Å². The van der Waals surface area contributed by atoms with Gasteiger partial charge in [-0.1, -0.05) is 26.0 Å². The van der Waals surface area contributed by atoms with Crippen LogP contribution in [0.2, 0.25) is 0 Å². The maximum absolute atomic E-state index is 10.5. The van der Waals surface area contributed by atoms with Crippen LogP contribution in [-0.2, 0) is 6.61 Å². The topological polar surface area (TPSA) is 39.4 Å². The monoisotopic (exact) mass is 244 g/mol. The van der Waals surface area contributed by atoms with Crippen LogP contribution in [-0.4, -0.2) is 6.29 Å². The lowest BCUT2D eigenvalue weighted by Gasteiger charge is -2.07. The highest BCUT2D eigenvalue weighted by atomic mass is 16.5. The van der Waals surface area contributed by atoms with Crippen molar-refractivity contribution in [2.24, 2.45) is 0 Å². The summed E-state index contributed by atoms with van der Waals surface area (Å²) in [5.41, 5.74) is 1.28. The molecule has 94 valence electrons. The van der Waals surface area contributed by atoms with E-state index in [1.54, 1.807) is 12.1 Å². The molecule has 3 heteroatoms. The number of hydrogen-bond acceptors (Lipinski definition) is 3. The van der Waals surface area contributed by atoms with Crippen LogP contribution in [0.5, 0.6) is 5.75 Å². The van der Waals surface area contributed by atoms with Crippen molar-refractivity contribution in [3.05, 3.63) is 53.5 Å². The molecule has 0 atom stereocenters. The molecule has 0 fully saturated rings. The molecule has 0 spiro atoms. The smallest absolute Gasteiger partial charge is 0.185 e. The average molecular weight is 244 g/mol. The standard InChI is InChI=1S/C15H16O3/c1-11(2)12-3-5-13(6-4-12)17-10-15-8-7-14(9-16)18-15/h3-9,11H,10H2,1-2H3. The van der Waals surface area contributed by atoms with Crippen molar-refractivity contribution in [3.63, 3.8) is 0 Å². The Kier molecular flexibility index (Phi) is 3.82. The van der Waals surface area contributed by atoms with E-state index in [0.717, 1.165) is 5.75 Å². The Bertz CT molecular complexity index is 509. The third-order valence-corrected chi connectivity index (χ3v) is 2.73. The summed E-state index contributed by atoms with van der Waals surface area (Å²) in [6.07, 6.45) is 0.681. The van der Waals surface area contributed by atoms with Crippen molar-refractivity contribution in [2.75, 3.05) is 0 Å². The molecule has 0 radical (unpaired) electrons. The minimum atomic E-state index is 0.323. The van der Waals surface area contributed by atoms with Gasteiger partial charge >= 0.3 is 0 Å². The van der Waals surface area contributed by atoms with E-state index in [4.69, 9.17) is 9.15 Å². The molecule has 1 heterocycles. The molecular weight excluding hydrogens is 228 g/mol. The minimum absolute atomic E-state index is 0.323. The molecule has 1 aromatic heterocycles. The largest absolute Gasteiger partial charge is 0.486 e. The Morgan fingerprint density at radius 3 is 2.44 bits per heavy atom. The molecule has 0 N–H and O–H groups in total. The van der Waals surface area contributed by atoms with Gasteiger partial charge in [-0.2, -0.15) is 0 Å². The third-order valence-electron chi connectivity index (χ3n) is 2.73. The van der Waals surface area contributed by atoms with Crippen molar-refractivity contribution in [1.29, 1.82) is 0 Å². The first-order valence-corrected chi connectivity index (χ1v) is 5.95. The summed E-state index contributed by atoms with van der Waals surface area (Å²) in [7, 11) is 0. The molecule has 1 aromatic carbocycles. The lowest BCUT2D eigenvalue weighted by Crippen LogP contribution is -1.94. The van der Waals surface area contributed by atoms with Crippen molar-refractivity contribution in [3.8, 4) is 5.75 Å². The number of benzene rings is 1. The minimum Gasteiger partial charge on any atom is -0.486 e. The van der Waals surface area contributed by atoms with Gasteiger partial charge in [0.2, 0.25) is 0 Å². The van der Waals surface area contributed by atoms with E-state index in [2.05, 4.69) is 26.0 Å². The molecule has 0 saturated carbocycles. The van der Waals surface area contributed by atoms with Gasteiger partial charge in [-0.15, -0.1) is 0 Å². The maximum atomic E-state index is 10.5. The average Bonchev–Trinajstić information content (AvgIpc) is 2.85. The lowest BCUT2D eigenvalue weighted by atomic mass is 10.0. The molecule has 0 aliphatic heterocycles. The first-order chi connectivity index (χ1) is 8.69. The highest BCUT2D eigenvalue weighted by Crippen LogP contribution is 2.19. The van der Waals surface area contributed by atoms with E-state index in [0.29, 0.717) is 30.3 Å². The number of ether oxygens (including phenoxy) is 1. The molecule has 0 bridgehead atoms. The summed E-state index contributed by atoms with van der Waals surface area (Å²) in [5, 5.41) is 0. The third kappa shape index (κ3) is 3.00. The Balaban J connectivity index is 1.95. The lowest BCUT2D eigenvalue weighted by molar-refractivity contribution is 0.109. The van der Waals surface area contributed by atoms with E-state index in [-0.39, 0.29) is 0 Å². The van der Waals surface area contributed by atoms with Gasteiger partial charge in [0, 0.05) is 0 Å². The van der Waals surface area contributed by atoms with Crippen molar-refractivity contribution < 1.29 is 13.9 Å². The Morgan fingerprint density at radius 1 is 1.17 bits per heavy atom. The van der Waals surface area contributed by atoms with E-state index in [9.17, 15) is 4.79 Å². The number of carbonyl (C=O) groups is 1. The molecule has 18 heavy (non-hydrogen) atoms. The fraction of sp³-hybridized carbons (Fsp3) is 0.267. The molecular formula is C15H16O3. The van der Waals surface area contributed by atoms with Crippen LogP contribution < -0.4 is 4.74 Å². The second-order valence-corrected chi connectivity index (χ2v) is 4.43. The maximum Gasteiger partial charge on any atom is 0.185 e. The highest BCUT2D eigenvalue weighted by Gasteiger charge is 2.03. The quantitative estimate of drug-likeness (QED) is 0.751. The molecule has 0 amide bonds. The second kappa shape index (κ2) is 5.54. The number of carbonyl (C=O) groups excluding carboxylic acids is 1. The van der Waals surface area contributed by atoms with Gasteiger partial charge in [-0.05, 0) is 35.7 Å². The van der Waals surface area contributed by atoms with Gasteiger partial charge in [0.05, 0.1) is 0 Å². The van der Waals surface area contributed by atoms with Gasteiger partial charge < -0.3 is 9.15 Å². The van der Waals surface area contributed by atoms with Crippen LogP contribution in [0.1, 0.15) is 41.6 Å². The Labute approximate surface area is 106 Å². The normalized spacial score (nSPS) is 10.6. The first-order valence-electron chi connectivity index (χ1n) is 5.95. The second-order valence-electron chi connectivity index (χ2n) is 4.43. The van der Waals surface area contributed by atoms with E-state index < -0.39 is 0 Å². The molecule has 0 unspecified atom stereocenters. The summed E-state index contributed by atoms with van der Waals surface area (Å²) < 4.78 is 10.8. The van der Waals surface area contributed by atoms with Crippen LogP contribution in [0.4, 0.5) is 0 Å². The zero-order chi connectivity index (χ0) is 13.0. The number of hydrogen-bond donors (Lipinski definition) is 0. The number of rotatable bonds is 5. The van der Waals surface area contributed by atoms with Crippen molar-refractivity contribution in [1.82, 2.24) is 0 Å². The van der Waals surface area contributed by atoms with Gasteiger partial charge in [0.1, 0.15) is 18.1 Å². The molecule has 2 rings (SSSR count). The van der Waals surface area contributed by atoms with Gasteiger partial charge in [0.15, 0.2) is 12.0 Å². The molecule has 2 aromatic rings. The van der Waals surface area contributed by atoms with Crippen molar-refractivity contribution in [2.45, 2.75) is 26.4 Å². The predicted molar refractivity (Wildman–Crippen MR) is 69.0 cm³/mol.